The third-order valence-corrected chi connectivity index (χ3v) is 5.19. The van der Waals surface area contributed by atoms with Crippen molar-refractivity contribution in [3.63, 3.8) is 0 Å². The van der Waals surface area contributed by atoms with Gasteiger partial charge in [-0.2, -0.15) is 4.58 Å². The van der Waals surface area contributed by atoms with Crippen molar-refractivity contribution >= 4 is 28.7 Å². The van der Waals surface area contributed by atoms with Crippen LogP contribution < -0.4 is 14.8 Å². The topological polar surface area (TPSA) is 33.5 Å². The highest BCUT2D eigenvalue weighted by Crippen LogP contribution is 2.39. The Balaban J connectivity index is 1.88. The molecule has 0 saturated heterocycles. The fourth-order valence-corrected chi connectivity index (χ4v) is 3.73. The first-order valence-corrected chi connectivity index (χ1v) is 8.83. The van der Waals surface area contributed by atoms with Crippen LogP contribution in [0.3, 0.4) is 0 Å². The van der Waals surface area contributed by atoms with Crippen molar-refractivity contribution in [2.75, 3.05) is 26.6 Å². The summed E-state index contributed by atoms with van der Waals surface area (Å²) in [6.45, 7) is 4.47. The highest BCUT2D eigenvalue weighted by Gasteiger charge is 2.42. The molecule has 2 aromatic rings. The Morgan fingerprint density at radius 3 is 2.42 bits per heavy atom. The van der Waals surface area contributed by atoms with Crippen molar-refractivity contribution in [1.82, 2.24) is 0 Å². The third kappa shape index (κ3) is 3.06. The van der Waals surface area contributed by atoms with Crippen LogP contribution in [0.5, 0.6) is 11.5 Å². The minimum absolute atomic E-state index is 0.0643. The first-order chi connectivity index (χ1) is 12.4. The molecule has 1 aliphatic rings. The largest absolute Gasteiger partial charge is 0.495 e. The van der Waals surface area contributed by atoms with Crippen LogP contribution in [0.25, 0.3) is 0 Å². The van der Waals surface area contributed by atoms with Crippen LogP contribution >= 0.6 is 11.6 Å². The van der Waals surface area contributed by atoms with Gasteiger partial charge in [-0.3, -0.25) is 0 Å². The predicted molar refractivity (Wildman–Crippen MR) is 108 cm³/mol. The summed E-state index contributed by atoms with van der Waals surface area (Å²) >= 11 is 6.24. The van der Waals surface area contributed by atoms with E-state index in [1.165, 1.54) is 17.0 Å². The number of benzene rings is 2. The van der Waals surface area contributed by atoms with Crippen molar-refractivity contribution in [3.05, 3.63) is 59.3 Å². The smallest absolute Gasteiger partial charge is 0.209 e. The number of rotatable bonds is 5. The second-order valence-corrected chi connectivity index (χ2v) is 7.16. The van der Waals surface area contributed by atoms with Crippen LogP contribution in [0.2, 0.25) is 5.02 Å². The molecule has 3 rings (SSSR count). The lowest BCUT2D eigenvalue weighted by molar-refractivity contribution is -0.401. The average Bonchev–Trinajstić information content (AvgIpc) is 2.83. The van der Waals surface area contributed by atoms with Gasteiger partial charge in [-0.25, -0.2) is 0 Å². The van der Waals surface area contributed by atoms with E-state index < -0.39 is 0 Å². The van der Waals surface area contributed by atoms with Crippen LogP contribution in [0, 0.1) is 0 Å². The van der Waals surface area contributed by atoms with Gasteiger partial charge in [0.2, 0.25) is 5.69 Å². The molecule has 4 nitrogen and oxygen atoms in total. The van der Waals surface area contributed by atoms with E-state index >= 15 is 0 Å². The van der Waals surface area contributed by atoms with Crippen molar-refractivity contribution in [1.29, 1.82) is 0 Å². The summed E-state index contributed by atoms with van der Waals surface area (Å²) < 4.78 is 12.9. The third-order valence-electron chi connectivity index (χ3n) is 4.89. The Bertz CT molecular complexity index is 901. The van der Waals surface area contributed by atoms with E-state index in [1.807, 2.05) is 6.20 Å². The van der Waals surface area contributed by atoms with E-state index in [4.69, 9.17) is 21.1 Å². The molecule has 0 aliphatic carbocycles. The molecular weight excluding hydrogens is 348 g/mol. The summed E-state index contributed by atoms with van der Waals surface area (Å²) in [6, 6.07) is 12.1. The molecule has 1 heterocycles. The molecule has 0 spiro atoms. The highest BCUT2D eigenvalue weighted by atomic mass is 35.5. The summed E-state index contributed by atoms with van der Waals surface area (Å²) in [5.74, 6) is 1.25. The zero-order valence-electron chi connectivity index (χ0n) is 15.8. The maximum absolute atomic E-state index is 6.24. The summed E-state index contributed by atoms with van der Waals surface area (Å²) in [6.07, 6.45) is 4.01. The summed E-state index contributed by atoms with van der Waals surface area (Å²) in [5, 5.41) is 3.81. The van der Waals surface area contributed by atoms with Crippen molar-refractivity contribution in [3.8, 4) is 11.5 Å². The zero-order valence-corrected chi connectivity index (χ0v) is 16.5. The first kappa shape index (κ1) is 18.3. The van der Waals surface area contributed by atoms with E-state index in [1.54, 1.807) is 26.4 Å². The average molecular weight is 372 g/mol. The van der Waals surface area contributed by atoms with Crippen LogP contribution in [0.15, 0.2) is 48.7 Å². The summed E-state index contributed by atoms with van der Waals surface area (Å²) in [7, 11) is 5.30. The van der Waals surface area contributed by atoms with Crippen LogP contribution in [0.4, 0.5) is 11.4 Å². The minimum Gasteiger partial charge on any atom is -0.495 e. The number of methoxy groups -OCH3 is 2. The molecule has 1 aliphatic heterocycles. The molecule has 0 unspecified atom stereocenters. The van der Waals surface area contributed by atoms with Gasteiger partial charge < -0.3 is 14.8 Å². The lowest BCUT2D eigenvalue weighted by atomic mass is 9.81. The maximum atomic E-state index is 6.24. The Labute approximate surface area is 159 Å². The molecular formula is C21H24ClN2O2+. The lowest BCUT2D eigenvalue weighted by Gasteiger charge is -2.15. The van der Waals surface area contributed by atoms with Gasteiger partial charge in [0.25, 0.3) is 0 Å². The molecule has 5 heteroatoms. The molecule has 0 fully saturated rings. The zero-order chi connectivity index (χ0) is 18.9. The van der Waals surface area contributed by atoms with E-state index in [-0.39, 0.29) is 5.41 Å². The lowest BCUT2D eigenvalue weighted by Crippen LogP contribution is -2.26. The molecule has 0 radical (unpaired) electrons. The highest BCUT2D eigenvalue weighted by molar-refractivity contribution is 6.32. The molecule has 0 aromatic heterocycles. The monoisotopic (exact) mass is 371 g/mol. The number of nitrogens with zero attached hydrogens (tertiary/aromatic N) is 1. The number of anilines is 1. The Kier molecular flexibility index (Phi) is 4.97. The van der Waals surface area contributed by atoms with Gasteiger partial charge in [-0.15, -0.1) is 0 Å². The van der Waals surface area contributed by atoms with Gasteiger partial charge in [-0.05, 0) is 19.9 Å². The minimum atomic E-state index is -0.0643. The number of hydrogen-bond donors (Lipinski definition) is 1. The maximum Gasteiger partial charge on any atom is 0.209 e. The van der Waals surface area contributed by atoms with Gasteiger partial charge in [0.15, 0.2) is 5.71 Å². The van der Waals surface area contributed by atoms with Crippen molar-refractivity contribution in [2.45, 2.75) is 19.3 Å². The standard InChI is InChI=1S/C21H23ClN2O2/c1-21(2)14-8-6-7-9-17(14)24(3)20(21)10-11-23-16-12-15(22)18(25-4)13-19(16)26-5/h6-13H,1-5H3/p+1. The SMILES string of the molecule is COc1cc(OC)c(NC=CC2=[N+](C)c3ccccc3C2(C)C)cc1Cl. The van der Waals surface area contributed by atoms with Gasteiger partial charge in [0.1, 0.15) is 18.5 Å². The number of nitrogens with one attached hydrogen (secondary N) is 1. The normalized spacial score (nSPS) is 15.3. The van der Waals surface area contributed by atoms with Crippen LogP contribution in [0.1, 0.15) is 19.4 Å². The van der Waals surface area contributed by atoms with E-state index in [0.717, 1.165) is 5.69 Å². The number of hydrogen-bond acceptors (Lipinski definition) is 3. The summed E-state index contributed by atoms with van der Waals surface area (Å²) in [4.78, 5) is 0. The molecule has 0 amide bonds. The number of allylic oxidation sites excluding steroid dienone is 1. The number of para-hydroxylation sites is 1. The molecule has 0 saturated carbocycles. The van der Waals surface area contributed by atoms with E-state index in [9.17, 15) is 0 Å². The van der Waals surface area contributed by atoms with Crippen LogP contribution in [-0.2, 0) is 5.41 Å². The number of fused-ring (bicyclic) bond motifs is 1. The molecule has 136 valence electrons. The second-order valence-electron chi connectivity index (χ2n) is 6.75. The second kappa shape index (κ2) is 7.04. The first-order valence-electron chi connectivity index (χ1n) is 8.45. The Morgan fingerprint density at radius 1 is 1.08 bits per heavy atom. The predicted octanol–water partition coefficient (Wildman–Crippen LogP) is 4.99. The molecule has 1 N–H and O–H groups in total. The summed E-state index contributed by atoms with van der Waals surface area (Å²) in [5.41, 5.74) is 4.50. The van der Waals surface area contributed by atoms with Crippen molar-refractivity contribution < 1.29 is 14.0 Å². The molecule has 0 bridgehead atoms. The van der Waals surface area contributed by atoms with Gasteiger partial charge in [0.05, 0.1) is 30.3 Å². The molecule has 26 heavy (non-hydrogen) atoms. The molecule has 0 atom stereocenters. The Morgan fingerprint density at radius 2 is 1.77 bits per heavy atom. The van der Waals surface area contributed by atoms with Crippen molar-refractivity contribution in [2.24, 2.45) is 0 Å². The van der Waals surface area contributed by atoms with E-state index in [2.05, 4.69) is 61.1 Å². The van der Waals surface area contributed by atoms with Gasteiger partial charge in [0, 0.05) is 30.0 Å². The van der Waals surface area contributed by atoms with Gasteiger partial charge in [-0.1, -0.05) is 29.8 Å². The molecule has 2 aromatic carbocycles. The fraction of sp³-hybridized carbons (Fsp3) is 0.286. The number of halogens is 1. The van der Waals surface area contributed by atoms with E-state index in [0.29, 0.717) is 16.5 Å². The fourth-order valence-electron chi connectivity index (χ4n) is 3.49. The van der Waals surface area contributed by atoms with Crippen LogP contribution in [-0.4, -0.2) is 31.6 Å². The number of ether oxygens (including phenoxy) is 2. The quantitative estimate of drug-likeness (QED) is 0.752. The Hall–Kier alpha value is -2.46. The van der Waals surface area contributed by atoms with Gasteiger partial charge >= 0.3 is 0 Å².